The number of hydrogen-bond donors (Lipinski definition) is 0. The van der Waals surface area contributed by atoms with Crippen molar-refractivity contribution >= 4 is 28.2 Å². The molecular weight excluding hydrogens is 362 g/mol. The number of rotatable bonds is 4. The standard InChI is InChI=1S/C18H13F4N5/c1-10-4-12(20)6-13(5-10)26(8-16(21)22)17-14-7-11(19)2-3-15(14)27-9-23-25-18(27)24-17/h2-7,9,16H,8H2,1H3. The zero-order chi connectivity index (χ0) is 19.1. The van der Waals surface area contributed by atoms with Crippen LogP contribution >= 0.6 is 0 Å². The Morgan fingerprint density at radius 2 is 1.89 bits per heavy atom. The minimum atomic E-state index is -2.73. The summed E-state index contributed by atoms with van der Waals surface area (Å²) in [5, 5.41) is 7.91. The van der Waals surface area contributed by atoms with E-state index in [0.717, 1.165) is 11.0 Å². The smallest absolute Gasteiger partial charge is 0.257 e. The molecular formula is C18H13F4N5. The SMILES string of the molecule is Cc1cc(F)cc(N(CC(F)F)c2nc3nncn3c3ccc(F)cc23)c1. The van der Waals surface area contributed by atoms with Crippen molar-refractivity contribution < 1.29 is 17.6 Å². The molecule has 0 N–H and O–H groups in total. The van der Waals surface area contributed by atoms with Gasteiger partial charge in [0.25, 0.3) is 12.2 Å². The van der Waals surface area contributed by atoms with Gasteiger partial charge in [-0.15, -0.1) is 10.2 Å². The van der Waals surface area contributed by atoms with E-state index < -0.39 is 24.6 Å². The maximum atomic E-state index is 13.9. The summed E-state index contributed by atoms with van der Waals surface area (Å²) in [7, 11) is 0. The minimum Gasteiger partial charge on any atom is -0.320 e. The van der Waals surface area contributed by atoms with Crippen LogP contribution in [0.5, 0.6) is 0 Å². The van der Waals surface area contributed by atoms with E-state index >= 15 is 0 Å². The number of halogens is 4. The second-order valence-electron chi connectivity index (χ2n) is 6.09. The van der Waals surface area contributed by atoms with Gasteiger partial charge < -0.3 is 4.90 Å². The van der Waals surface area contributed by atoms with E-state index in [2.05, 4.69) is 15.2 Å². The fourth-order valence-electron chi connectivity index (χ4n) is 3.06. The first kappa shape index (κ1) is 17.2. The van der Waals surface area contributed by atoms with Crippen molar-refractivity contribution in [2.45, 2.75) is 13.3 Å². The highest BCUT2D eigenvalue weighted by Crippen LogP contribution is 2.33. The topological polar surface area (TPSA) is 46.3 Å². The van der Waals surface area contributed by atoms with Gasteiger partial charge in [0.15, 0.2) is 0 Å². The minimum absolute atomic E-state index is 0.0512. The molecule has 0 atom stereocenters. The van der Waals surface area contributed by atoms with Crippen LogP contribution in [0.4, 0.5) is 29.1 Å². The van der Waals surface area contributed by atoms with Crippen LogP contribution in [0, 0.1) is 18.6 Å². The second-order valence-corrected chi connectivity index (χ2v) is 6.09. The molecule has 2 heterocycles. The van der Waals surface area contributed by atoms with Crippen molar-refractivity contribution in [3.8, 4) is 0 Å². The van der Waals surface area contributed by atoms with Crippen molar-refractivity contribution in [1.82, 2.24) is 19.6 Å². The Morgan fingerprint density at radius 1 is 1.07 bits per heavy atom. The fourth-order valence-corrected chi connectivity index (χ4v) is 3.06. The number of aromatic nitrogens is 4. The van der Waals surface area contributed by atoms with Gasteiger partial charge in [-0.3, -0.25) is 4.40 Å². The number of alkyl halides is 2. The molecule has 0 spiro atoms. The summed E-state index contributed by atoms with van der Waals surface area (Å²) >= 11 is 0. The third kappa shape index (κ3) is 3.16. The predicted molar refractivity (Wildman–Crippen MR) is 92.4 cm³/mol. The third-order valence-corrected chi connectivity index (χ3v) is 4.11. The van der Waals surface area contributed by atoms with Gasteiger partial charge in [-0.25, -0.2) is 17.6 Å². The Balaban J connectivity index is 2.03. The van der Waals surface area contributed by atoms with E-state index in [0.29, 0.717) is 11.1 Å². The van der Waals surface area contributed by atoms with E-state index in [1.807, 2.05) is 0 Å². The van der Waals surface area contributed by atoms with Gasteiger partial charge in [-0.2, -0.15) is 4.98 Å². The van der Waals surface area contributed by atoms with Crippen molar-refractivity contribution in [3.63, 3.8) is 0 Å². The van der Waals surface area contributed by atoms with E-state index in [1.165, 1.54) is 35.0 Å². The molecule has 138 valence electrons. The maximum absolute atomic E-state index is 13.9. The molecule has 0 aliphatic rings. The van der Waals surface area contributed by atoms with Crippen LogP contribution < -0.4 is 4.90 Å². The summed E-state index contributed by atoms with van der Waals surface area (Å²) in [5.41, 5.74) is 1.24. The highest BCUT2D eigenvalue weighted by Gasteiger charge is 2.22. The van der Waals surface area contributed by atoms with E-state index in [4.69, 9.17) is 0 Å². The molecule has 0 fully saturated rings. The van der Waals surface area contributed by atoms with Crippen molar-refractivity contribution in [2.75, 3.05) is 11.4 Å². The van der Waals surface area contributed by atoms with Crippen LogP contribution in [0.25, 0.3) is 16.7 Å². The molecule has 0 bridgehead atoms. The largest absolute Gasteiger partial charge is 0.320 e. The first-order valence-electron chi connectivity index (χ1n) is 8.04. The number of aryl methyl sites for hydroxylation is 1. The Hall–Kier alpha value is -3.23. The van der Waals surface area contributed by atoms with Crippen molar-refractivity contribution in [1.29, 1.82) is 0 Å². The Bertz CT molecular complexity index is 1120. The summed E-state index contributed by atoms with van der Waals surface area (Å²) < 4.78 is 56.0. The molecule has 27 heavy (non-hydrogen) atoms. The highest BCUT2D eigenvalue weighted by molar-refractivity contribution is 5.93. The Morgan fingerprint density at radius 3 is 2.63 bits per heavy atom. The van der Waals surface area contributed by atoms with E-state index in [-0.39, 0.29) is 22.7 Å². The molecule has 0 aliphatic heterocycles. The maximum Gasteiger partial charge on any atom is 0.257 e. The van der Waals surface area contributed by atoms with Gasteiger partial charge in [-0.1, -0.05) is 0 Å². The number of hydrogen-bond acceptors (Lipinski definition) is 4. The van der Waals surface area contributed by atoms with Crippen molar-refractivity contribution in [2.24, 2.45) is 0 Å². The third-order valence-electron chi connectivity index (χ3n) is 4.11. The summed E-state index contributed by atoms with van der Waals surface area (Å²) in [6.07, 6.45) is -1.33. The van der Waals surface area contributed by atoms with Crippen LogP contribution in [0.3, 0.4) is 0 Å². The first-order valence-corrected chi connectivity index (χ1v) is 8.04. The molecule has 0 amide bonds. The van der Waals surface area contributed by atoms with E-state index in [9.17, 15) is 17.6 Å². The van der Waals surface area contributed by atoms with Gasteiger partial charge in [0.1, 0.15) is 23.8 Å². The fraction of sp³-hybridized carbons (Fsp3) is 0.167. The quantitative estimate of drug-likeness (QED) is 0.500. The lowest BCUT2D eigenvalue weighted by atomic mass is 10.1. The Kier molecular flexibility index (Phi) is 4.14. The van der Waals surface area contributed by atoms with Crippen LogP contribution in [0.1, 0.15) is 5.56 Å². The lowest BCUT2D eigenvalue weighted by Gasteiger charge is -2.25. The lowest BCUT2D eigenvalue weighted by molar-refractivity contribution is 0.158. The molecule has 2 aromatic heterocycles. The summed E-state index contributed by atoms with van der Waals surface area (Å²) in [4.78, 5) is 5.45. The van der Waals surface area contributed by atoms with Gasteiger partial charge in [0.2, 0.25) is 0 Å². The van der Waals surface area contributed by atoms with Crippen LogP contribution in [-0.2, 0) is 0 Å². The summed E-state index contributed by atoms with van der Waals surface area (Å²) in [5.74, 6) is -0.902. The molecule has 4 rings (SSSR count). The van der Waals surface area contributed by atoms with Crippen molar-refractivity contribution in [3.05, 3.63) is 59.9 Å². The number of nitrogens with zero attached hydrogens (tertiary/aromatic N) is 5. The molecule has 0 unspecified atom stereocenters. The molecule has 9 heteroatoms. The number of benzene rings is 2. The summed E-state index contributed by atoms with van der Waals surface area (Å²) in [6.45, 7) is 0.909. The average molecular weight is 375 g/mol. The van der Waals surface area contributed by atoms with Crippen LogP contribution in [-0.4, -0.2) is 32.6 Å². The highest BCUT2D eigenvalue weighted by atomic mass is 19.3. The zero-order valence-corrected chi connectivity index (χ0v) is 14.1. The van der Waals surface area contributed by atoms with Gasteiger partial charge in [0, 0.05) is 11.1 Å². The van der Waals surface area contributed by atoms with Crippen LogP contribution in [0.15, 0.2) is 42.7 Å². The second kappa shape index (κ2) is 6.49. The molecule has 2 aromatic carbocycles. The van der Waals surface area contributed by atoms with E-state index in [1.54, 1.807) is 13.0 Å². The first-order chi connectivity index (χ1) is 12.9. The molecule has 0 saturated carbocycles. The normalized spacial score (nSPS) is 11.6. The molecule has 4 aromatic rings. The van der Waals surface area contributed by atoms with Gasteiger partial charge in [0.05, 0.1) is 12.1 Å². The number of anilines is 2. The molecule has 0 saturated heterocycles. The molecule has 5 nitrogen and oxygen atoms in total. The number of fused-ring (bicyclic) bond motifs is 3. The zero-order valence-electron chi connectivity index (χ0n) is 14.1. The molecule has 0 radical (unpaired) electrons. The van der Waals surface area contributed by atoms with Gasteiger partial charge >= 0.3 is 0 Å². The van der Waals surface area contributed by atoms with Crippen LogP contribution in [0.2, 0.25) is 0 Å². The van der Waals surface area contributed by atoms with Gasteiger partial charge in [-0.05, 0) is 48.9 Å². The predicted octanol–water partition coefficient (Wildman–Crippen LogP) is 4.27. The summed E-state index contributed by atoms with van der Waals surface area (Å²) in [6, 6.07) is 7.92. The Labute approximate surface area is 150 Å². The average Bonchev–Trinajstić information content (AvgIpc) is 3.06. The monoisotopic (exact) mass is 375 g/mol. The molecule has 0 aliphatic carbocycles. The lowest BCUT2D eigenvalue weighted by Crippen LogP contribution is -2.25.